The number of carbonyl (C=O) groups excluding carboxylic acids is 6. The summed E-state index contributed by atoms with van der Waals surface area (Å²) < 4.78 is 9.31. The molecule has 4 fully saturated rings. The molecule has 0 aromatic rings. The Labute approximate surface area is 370 Å². The Balaban J connectivity index is 0.000000414. The Morgan fingerprint density at radius 2 is 0.661 bits per heavy atom. The van der Waals surface area contributed by atoms with E-state index in [0.717, 1.165) is 64.2 Å². The molecule has 2 N–H and O–H groups in total. The summed E-state index contributed by atoms with van der Waals surface area (Å²) in [5, 5.41) is 17.4. The van der Waals surface area contributed by atoms with E-state index >= 15 is 0 Å². The highest BCUT2D eigenvalue weighted by Gasteiger charge is 2.37. The molecule has 0 heterocycles. The van der Waals surface area contributed by atoms with Crippen molar-refractivity contribution in [3.05, 3.63) is 48.6 Å². The topological polar surface area (TPSA) is 195 Å². The fourth-order valence-corrected chi connectivity index (χ4v) is 8.86. The van der Waals surface area contributed by atoms with E-state index in [0.29, 0.717) is 62.9 Å². The van der Waals surface area contributed by atoms with Crippen molar-refractivity contribution in [2.75, 3.05) is 14.2 Å². The fourth-order valence-electron chi connectivity index (χ4n) is 8.86. The molecule has 0 amide bonds. The summed E-state index contributed by atoms with van der Waals surface area (Å²) in [4.78, 5) is 90.0. The summed E-state index contributed by atoms with van der Waals surface area (Å²) in [6.07, 6.45) is 29.7. The molecule has 0 radical (unpaired) electrons. The number of carboxylic acids is 2. The lowest BCUT2D eigenvalue weighted by atomic mass is 9.89. The first kappa shape index (κ1) is 55.5. The minimum Gasteiger partial charge on any atom is -0.481 e. The smallest absolute Gasteiger partial charge is 0.305 e. The van der Waals surface area contributed by atoms with Crippen LogP contribution in [0.1, 0.15) is 156 Å². The average Bonchev–Trinajstić information content (AvgIpc) is 3.98. The van der Waals surface area contributed by atoms with Crippen LogP contribution in [0.4, 0.5) is 0 Å². The molecule has 348 valence electrons. The second kappa shape index (κ2) is 32.2. The van der Waals surface area contributed by atoms with E-state index in [2.05, 4.69) is 47.6 Å². The van der Waals surface area contributed by atoms with E-state index in [-0.39, 0.29) is 83.7 Å². The first-order valence-corrected chi connectivity index (χ1v) is 22.9. The van der Waals surface area contributed by atoms with E-state index < -0.39 is 11.9 Å². The molecule has 62 heavy (non-hydrogen) atoms. The van der Waals surface area contributed by atoms with Gasteiger partial charge in [0.1, 0.15) is 23.1 Å². The third-order valence-electron chi connectivity index (χ3n) is 12.3. The summed E-state index contributed by atoms with van der Waals surface area (Å²) >= 11 is 0. The normalized spacial score (nSPS) is 25.8. The van der Waals surface area contributed by atoms with Gasteiger partial charge in [0.2, 0.25) is 0 Å². The van der Waals surface area contributed by atoms with E-state index in [4.69, 9.17) is 10.2 Å². The molecule has 4 aliphatic rings. The van der Waals surface area contributed by atoms with Crippen LogP contribution in [0.25, 0.3) is 0 Å². The maximum atomic E-state index is 11.7. The summed E-state index contributed by atoms with van der Waals surface area (Å²) in [6.45, 7) is 8.22. The fraction of sp³-hybridized carbons (Fsp3) is 0.680. The molecule has 4 rings (SSSR count). The van der Waals surface area contributed by atoms with Crippen molar-refractivity contribution in [2.24, 2.45) is 47.3 Å². The molecule has 0 unspecified atom stereocenters. The molecular weight excluding hydrogens is 793 g/mol. The minimum absolute atomic E-state index is 0.0295. The second-order valence-electron chi connectivity index (χ2n) is 16.7. The van der Waals surface area contributed by atoms with Crippen LogP contribution in [0.2, 0.25) is 0 Å². The highest BCUT2D eigenvalue weighted by atomic mass is 16.5. The Bertz CT molecular complexity index is 1440. The Morgan fingerprint density at radius 3 is 0.855 bits per heavy atom. The van der Waals surface area contributed by atoms with Gasteiger partial charge >= 0.3 is 23.9 Å². The number of Topliss-reactive ketones (excluding diaryl/α,β-unsaturated/α-hetero) is 4. The summed E-state index contributed by atoms with van der Waals surface area (Å²) in [6, 6.07) is 0. The van der Waals surface area contributed by atoms with E-state index in [1.165, 1.54) is 14.2 Å². The maximum absolute atomic E-state index is 11.7. The predicted octanol–water partition coefficient (Wildman–Crippen LogP) is 9.83. The number of aliphatic carboxylic acids is 2. The van der Waals surface area contributed by atoms with Crippen molar-refractivity contribution in [3.8, 4) is 0 Å². The van der Waals surface area contributed by atoms with Crippen molar-refractivity contribution >= 4 is 47.0 Å². The van der Waals surface area contributed by atoms with Crippen LogP contribution in [0.15, 0.2) is 48.6 Å². The zero-order valence-corrected chi connectivity index (χ0v) is 38.4. The van der Waals surface area contributed by atoms with Gasteiger partial charge in [-0.25, -0.2) is 0 Å². The molecule has 0 bridgehead atoms. The molecule has 4 aliphatic carbocycles. The van der Waals surface area contributed by atoms with Crippen LogP contribution in [0.5, 0.6) is 0 Å². The predicted molar refractivity (Wildman–Crippen MR) is 239 cm³/mol. The number of esters is 2. The SMILES string of the molecule is CC/C=C/C[C@H]1C(=O)CC[C@H]1CC(=O)O.CC/C=C/C[C@H]1C(=O)CC[C@H]1CC(=O)OC.CC/C=C\C[C@H]1C(=O)CC[C@H]1CC(=O)O.CC/C=C\C[C@H]1C(=O)CC[C@H]1CC(=O)OC. The molecule has 0 aromatic heterocycles. The van der Waals surface area contributed by atoms with Crippen molar-refractivity contribution in [2.45, 2.75) is 156 Å². The van der Waals surface area contributed by atoms with Gasteiger partial charge in [-0.3, -0.25) is 38.4 Å². The highest BCUT2D eigenvalue weighted by Crippen LogP contribution is 2.37. The number of rotatable bonds is 20. The number of hydrogen-bond acceptors (Lipinski definition) is 10. The van der Waals surface area contributed by atoms with Gasteiger partial charge in [-0.1, -0.05) is 76.3 Å². The van der Waals surface area contributed by atoms with Gasteiger partial charge in [-0.2, -0.15) is 0 Å². The lowest BCUT2D eigenvalue weighted by molar-refractivity contribution is -0.143. The van der Waals surface area contributed by atoms with Gasteiger partial charge < -0.3 is 19.7 Å². The maximum Gasteiger partial charge on any atom is 0.305 e. The standard InChI is InChI=1S/2C13H20O3.2C12H18O3/c2*1-3-4-5-6-11-10(7-8-12(11)14)9-13(15)16-2;2*1-2-3-4-5-10-9(8-12(14)15)6-7-11(10)13/h2*4-5,10-11H,3,6-9H2,1-2H3;2*3-4,9-10H,2,5-8H2,1H3,(H,14,15)/b5-4+;5-4-;4-3+;4-3-/t2*10-,11+;2*9-,10+/m0000/s1. The minimum atomic E-state index is -0.792. The summed E-state index contributed by atoms with van der Waals surface area (Å²) in [5.74, 6) is -0.493. The van der Waals surface area contributed by atoms with Gasteiger partial charge in [-0.05, 0) is 101 Å². The molecule has 0 spiro atoms. The average molecular weight is 869 g/mol. The number of carboxylic acid groups (broad SMARTS) is 2. The number of carbonyl (C=O) groups is 8. The van der Waals surface area contributed by atoms with E-state index in [1.54, 1.807) is 0 Å². The Morgan fingerprint density at radius 1 is 0.435 bits per heavy atom. The van der Waals surface area contributed by atoms with E-state index in [1.807, 2.05) is 38.2 Å². The van der Waals surface area contributed by atoms with Gasteiger partial charge in [-0.15, -0.1) is 0 Å². The number of methoxy groups -OCH3 is 2. The molecule has 8 atom stereocenters. The van der Waals surface area contributed by atoms with Crippen LogP contribution in [-0.2, 0) is 47.8 Å². The number of allylic oxidation sites excluding steroid dienone is 8. The largest absolute Gasteiger partial charge is 0.481 e. The van der Waals surface area contributed by atoms with Crippen molar-refractivity contribution in [1.82, 2.24) is 0 Å². The molecule has 12 heteroatoms. The van der Waals surface area contributed by atoms with Gasteiger partial charge in [0.05, 0.1) is 14.2 Å². The molecule has 4 saturated carbocycles. The molecule has 12 nitrogen and oxygen atoms in total. The quantitative estimate of drug-likeness (QED) is 0.0870. The molecule has 0 aromatic carbocycles. The Kier molecular flexibility index (Phi) is 28.9. The van der Waals surface area contributed by atoms with Gasteiger partial charge in [0.25, 0.3) is 0 Å². The van der Waals surface area contributed by atoms with E-state index in [9.17, 15) is 38.4 Å². The van der Waals surface area contributed by atoms with Crippen molar-refractivity contribution in [3.63, 3.8) is 0 Å². The zero-order chi connectivity index (χ0) is 46.5. The monoisotopic (exact) mass is 869 g/mol. The van der Waals surface area contributed by atoms with Crippen LogP contribution < -0.4 is 0 Å². The first-order chi connectivity index (χ1) is 29.7. The summed E-state index contributed by atoms with van der Waals surface area (Å²) in [7, 11) is 2.79. The van der Waals surface area contributed by atoms with Crippen LogP contribution >= 0.6 is 0 Å². The number of hydrogen-bond donors (Lipinski definition) is 2. The van der Waals surface area contributed by atoms with Crippen LogP contribution in [-0.4, -0.2) is 71.4 Å². The number of ketones is 4. The third-order valence-corrected chi connectivity index (χ3v) is 12.3. The van der Waals surface area contributed by atoms with Crippen LogP contribution in [0, 0.1) is 47.3 Å². The van der Waals surface area contributed by atoms with Crippen molar-refractivity contribution < 1.29 is 58.0 Å². The lowest BCUT2D eigenvalue weighted by Crippen LogP contribution is -2.18. The molecule has 0 aliphatic heterocycles. The Hall–Kier alpha value is -4.48. The summed E-state index contributed by atoms with van der Waals surface area (Å²) in [5.41, 5.74) is 0. The van der Waals surface area contributed by atoms with Gasteiger partial charge in [0.15, 0.2) is 0 Å². The third kappa shape index (κ3) is 21.5. The zero-order valence-electron chi connectivity index (χ0n) is 38.4. The second-order valence-corrected chi connectivity index (χ2v) is 16.7. The number of ether oxygens (including phenoxy) is 2. The van der Waals surface area contributed by atoms with Gasteiger partial charge in [0, 0.05) is 75.0 Å². The molecule has 0 saturated heterocycles. The lowest BCUT2D eigenvalue weighted by Gasteiger charge is -2.15. The first-order valence-electron chi connectivity index (χ1n) is 22.9. The van der Waals surface area contributed by atoms with Crippen molar-refractivity contribution in [1.29, 1.82) is 0 Å². The van der Waals surface area contributed by atoms with Crippen LogP contribution in [0.3, 0.4) is 0 Å². The highest BCUT2D eigenvalue weighted by molar-refractivity contribution is 5.86. The molecular formula is C50H76O12.